The number of hydrogen-bond donors (Lipinski definition) is 3. The second-order valence-electron chi connectivity index (χ2n) is 4.06. The van der Waals surface area contributed by atoms with E-state index in [1.165, 1.54) is 14.0 Å². The van der Waals surface area contributed by atoms with Crippen LogP contribution >= 0.6 is 0 Å². The third kappa shape index (κ3) is 6.40. The van der Waals surface area contributed by atoms with E-state index in [1.807, 2.05) is 0 Å². The molecule has 18 heavy (non-hydrogen) atoms. The Balaban J connectivity index is 4.43. The van der Waals surface area contributed by atoms with Crippen LogP contribution in [0.1, 0.15) is 6.92 Å². The zero-order valence-corrected chi connectivity index (χ0v) is 11.3. The molecular weight excluding hydrogens is 264 g/mol. The van der Waals surface area contributed by atoms with Gasteiger partial charge in [-0.2, -0.15) is 0 Å². The van der Waals surface area contributed by atoms with Crippen LogP contribution in [0.4, 0.5) is 4.79 Å². The first kappa shape index (κ1) is 16.6. The van der Waals surface area contributed by atoms with Gasteiger partial charge in [0.05, 0.1) is 11.9 Å². The first-order chi connectivity index (χ1) is 8.04. The largest absolute Gasteiger partial charge is 0.480 e. The maximum atomic E-state index is 11.5. The van der Waals surface area contributed by atoms with Gasteiger partial charge in [-0.1, -0.05) is 0 Å². The first-order valence-corrected chi connectivity index (χ1v) is 7.21. The predicted octanol–water partition coefficient (Wildman–Crippen LogP) is -1.49. The number of carbonyl (C=O) groups is 2. The molecule has 0 heterocycles. The third-order valence-corrected chi connectivity index (χ3v) is 3.10. The summed E-state index contributed by atoms with van der Waals surface area (Å²) >= 11 is 0. The average molecular weight is 282 g/mol. The van der Waals surface area contributed by atoms with Crippen LogP contribution < -0.4 is 5.32 Å². The van der Waals surface area contributed by atoms with Gasteiger partial charge in [0.1, 0.15) is 9.84 Å². The number of carboxylic acids is 1. The summed E-state index contributed by atoms with van der Waals surface area (Å²) in [5.74, 6) is -1.58. The molecule has 2 atom stereocenters. The lowest BCUT2D eigenvalue weighted by Crippen LogP contribution is -2.52. The topological polar surface area (TPSA) is 124 Å². The predicted molar refractivity (Wildman–Crippen MR) is 64.0 cm³/mol. The summed E-state index contributed by atoms with van der Waals surface area (Å²) in [5, 5.41) is 20.0. The number of nitrogens with zero attached hydrogens (tertiary/aromatic N) is 1. The van der Waals surface area contributed by atoms with Crippen molar-refractivity contribution in [1.29, 1.82) is 0 Å². The molecule has 0 saturated heterocycles. The SMILES string of the molecule is C[C@@H](O)[C@H](NC(=O)N(C)CCS(C)(=O)=O)C(=O)O. The van der Waals surface area contributed by atoms with Crippen molar-refractivity contribution in [2.75, 3.05) is 25.6 Å². The Bertz CT molecular complexity index is 405. The fraction of sp³-hybridized carbons (Fsp3) is 0.778. The molecule has 0 spiro atoms. The van der Waals surface area contributed by atoms with Gasteiger partial charge in [0, 0.05) is 19.8 Å². The highest BCUT2D eigenvalue weighted by atomic mass is 32.2. The summed E-state index contributed by atoms with van der Waals surface area (Å²) < 4.78 is 21.8. The fourth-order valence-electron chi connectivity index (χ4n) is 1.04. The summed E-state index contributed by atoms with van der Waals surface area (Å²) in [5.41, 5.74) is 0. The highest BCUT2D eigenvalue weighted by Crippen LogP contribution is 1.96. The molecule has 3 N–H and O–H groups in total. The molecule has 0 bridgehead atoms. The van der Waals surface area contributed by atoms with Crippen LogP contribution in [0.15, 0.2) is 0 Å². The molecule has 2 amide bonds. The number of carboxylic acid groups (broad SMARTS) is 1. The van der Waals surface area contributed by atoms with E-state index in [0.717, 1.165) is 11.2 Å². The Morgan fingerprint density at radius 3 is 2.22 bits per heavy atom. The van der Waals surface area contributed by atoms with E-state index in [0.29, 0.717) is 0 Å². The maximum absolute atomic E-state index is 11.5. The Morgan fingerprint density at radius 2 is 1.89 bits per heavy atom. The zero-order chi connectivity index (χ0) is 14.5. The van der Waals surface area contributed by atoms with Crippen LogP contribution in [0.2, 0.25) is 0 Å². The Labute approximate surface area is 106 Å². The molecule has 0 aromatic heterocycles. The van der Waals surface area contributed by atoms with Gasteiger partial charge >= 0.3 is 12.0 Å². The van der Waals surface area contributed by atoms with Crippen LogP contribution in [0, 0.1) is 0 Å². The molecule has 106 valence electrons. The van der Waals surface area contributed by atoms with Crippen LogP contribution in [0.25, 0.3) is 0 Å². The molecule has 0 aliphatic rings. The Kier molecular flexibility index (Phi) is 6.06. The molecule has 0 fully saturated rings. The summed E-state index contributed by atoms with van der Waals surface area (Å²) in [7, 11) is -1.87. The number of sulfone groups is 1. The van der Waals surface area contributed by atoms with Crippen molar-refractivity contribution in [3.8, 4) is 0 Å². The van der Waals surface area contributed by atoms with Crippen molar-refractivity contribution in [3.63, 3.8) is 0 Å². The van der Waals surface area contributed by atoms with Crippen LogP contribution in [0.3, 0.4) is 0 Å². The van der Waals surface area contributed by atoms with E-state index in [9.17, 15) is 18.0 Å². The highest BCUT2D eigenvalue weighted by molar-refractivity contribution is 7.90. The Hall–Kier alpha value is -1.35. The van der Waals surface area contributed by atoms with Crippen molar-refractivity contribution >= 4 is 21.8 Å². The number of aliphatic hydroxyl groups excluding tert-OH is 1. The first-order valence-electron chi connectivity index (χ1n) is 5.15. The molecule has 0 radical (unpaired) electrons. The number of carbonyl (C=O) groups excluding carboxylic acids is 1. The molecule has 0 unspecified atom stereocenters. The van der Waals surface area contributed by atoms with Gasteiger partial charge in [-0.15, -0.1) is 0 Å². The number of hydrogen-bond acceptors (Lipinski definition) is 5. The molecule has 0 aliphatic heterocycles. The molecule has 0 aliphatic carbocycles. The number of aliphatic carboxylic acids is 1. The Morgan fingerprint density at radius 1 is 1.39 bits per heavy atom. The van der Waals surface area contributed by atoms with E-state index in [-0.39, 0.29) is 12.3 Å². The minimum Gasteiger partial charge on any atom is -0.480 e. The lowest BCUT2D eigenvalue weighted by molar-refractivity contribution is -0.141. The normalized spacial score (nSPS) is 14.7. The summed E-state index contributed by atoms with van der Waals surface area (Å²) in [4.78, 5) is 23.3. The van der Waals surface area contributed by atoms with E-state index < -0.39 is 34.0 Å². The minimum atomic E-state index is -3.20. The fourth-order valence-corrected chi connectivity index (χ4v) is 1.64. The second kappa shape index (κ2) is 6.55. The van der Waals surface area contributed by atoms with Crippen molar-refractivity contribution in [1.82, 2.24) is 10.2 Å². The van der Waals surface area contributed by atoms with Gasteiger partial charge < -0.3 is 20.4 Å². The smallest absolute Gasteiger partial charge is 0.328 e. The molecular formula is C9H18N2O6S. The summed E-state index contributed by atoms with van der Waals surface area (Å²) in [6.07, 6.45) is -0.219. The number of nitrogens with one attached hydrogen (secondary N) is 1. The van der Waals surface area contributed by atoms with E-state index >= 15 is 0 Å². The summed E-state index contributed by atoms with van der Waals surface area (Å²) in [6.45, 7) is 1.17. The van der Waals surface area contributed by atoms with Gasteiger partial charge in [0.2, 0.25) is 0 Å². The molecule has 0 saturated carbocycles. The van der Waals surface area contributed by atoms with Crippen LogP contribution in [-0.2, 0) is 14.6 Å². The van der Waals surface area contributed by atoms with Crippen LogP contribution in [0.5, 0.6) is 0 Å². The minimum absolute atomic E-state index is 0.0587. The van der Waals surface area contributed by atoms with Gasteiger partial charge in [-0.05, 0) is 6.92 Å². The van der Waals surface area contributed by atoms with Crippen molar-refractivity contribution < 1.29 is 28.2 Å². The van der Waals surface area contributed by atoms with Crippen molar-refractivity contribution in [2.24, 2.45) is 0 Å². The van der Waals surface area contributed by atoms with Crippen LogP contribution in [-0.4, -0.2) is 73.3 Å². The van der Waals surface area contributed by atoms with Gasteiger partial charge in [-0.25, -0.2) is 18.0 Å². The maximum Gasteiger partial charge on any atom is 0.328 e. The molecule has 0 aromatic carbocycles. The van der Waals surface area contributed by atoms with Gasteiger partial charge in [-0.3, -0.25) is 0 Å². The van der Waals surface area contributed by atoms with Gasteiger partial charge in [0.15, 0.2) is 6.04 Å². The van der Waals surface area contributed by atoms with Gasteiger partial charge in [0.25, 0.3) is 0 Å². The second-order valence-corrected chi connectivity index (χ2v) is 6.32. The highest BCUT2D eigenvalue weighted by Gasteiger charge is 2.26. The van der Waals surface area contributed by atoms with E-state index in [2.05, 4.69) is 5.32 Å². The van der Waals surface area contributed by atoms with E-state index in [1.54, 1.807) is 0 Å². The number of aliphatic hydroxyl groups is 1. The molecule has 0 aromatic rings. The van der Waals surface area contributed by atoms with E-state index in [4.69, 9.17) is 10.2 Å². The lowest BCUT2D eigenvalue weighted by atomic mass is 10.2. The van der Waals surface area contributed by atoms with Crippen molar-refractivity contribution in [3.05, 3.63) is 0 Å². The number of urea groups is 1. The average Bonchev–Trinajstić information content (AvgIpc) is 2.19. The monoisotopic (exact) mass is 282 g/mol. The standard InChI is InChI=1S/C9H18N2O6S/c1-6(12)7(8(13)14)10-9(15)11(2)4-5-18(3,16)17/h6-7,12H,4-5H2,1-3H3,(H,10,15)(H,13,14)/t6-,7+/m1/s1. The third-order valence-electron chi connectivity index (χ3n) is 2.17. The lowest BCUT2D eigenvalue weighted by Gasteiger charge is -2.22. The molecule has 9 heteroatoms. The quantitative estimate of drug-likeness (QED) is 0.545. The number of rotatable bonds is 6. The molecule has 0 rings (SSSR count). The zero-order valence-electron chi connectivity index (χ0n) is 10.5. The van der Waals surface area contributed by atoms with Crippen molar-refractivity contribution in [2.45, 2.75) is 19.1 Å². The molecule has 8 nitrogen and oxygen atoms in total. The number of amides is 2. The summed E-state index contributed by atoms with van der Waals surface area (Å²) in [6, 6.07) is -2.19.